The van der Waals surface area contributed by atoms with Gasteiger partial charge in [-0.1, -0.05) is 0 Å². The van der Waals surface area contributed by atoms with Gasteiger partial charge in [-0.15, -0.1) is 0 Å². The van der Waals surface area contributed by atoms with Crippen LogP contribution in [-0.2, 0) is 9.63 Å². The van der Waals surface area contributed by atoms with Crippen LogP contribution in [0.25, 0.3) is 0 Å². The molecule has 2 heterocycles. The molecule has 160 valence electrons. The van der Waals surface area contributed by atoms with Crippen molar-refractivity contribution < 1.29 is 23.2 Å². The van der Waals surface area contributed by atoms with Gasteiger partial charge in [0.05, 0.1) is 17.7 Å². The van der Waals surface area contributed by atoms with Gasteiger partial charge in [-0.05, 0) is 31.0 Å². The second-order valence-corrected chi connectivity index (χ2v) is 6.73. The summed E-state index contributed by atoms with van der Waals surface area (Å²) in [6.45, 7) is 0.907. The lowest BCUT2D eigenvalue weighted by Gasteiger charge is -2.34. The molecule has 1 saturated heterocycles. The van der Waals surface area contributed by atoms with E-state index in [-0.39, 0.29) is 24.7 Å². The number of carbonyl (C=O) groups is 2. The molecule has 0 atom stereocenters. The van der Waals surface area contributed by atoms with Gasteiger partial charge in [0.15, 0.2) is 11.6 Å². The molecule has 1 aliphatic heterocycles. The van der Waals surface area contributed by atoms with Crippen LogP contribution in [0, 0.1) is 11.6 Å². The Morgan fingerprint density at radius 1 is 1.17 bits per heavy atom. The molecule has 3 rings (SSSR count). The zero-order valence-electron chi connectivity index (χ0n) is 16.1. The minimum atomic E-state index is -1.23. The Kier molecular flexibility index (Phi) is 7.07. The van der Waals surface area contributed by atoms with Gasteiger partial charge in [-0.2, -0.15) is 5.90 Å². The maximum Gasteiger partial charge on any atom is 0.326 e. The number of hydrogen-bond acceptors (Lipinski definition) is 8. The molecule has 1 amide bonds. The van der Waals surface area contributed by atoms with E-state index in [1.165, 1.54) is 12.1 Å². The molecule has 0 bridgehead atoms. The summed E-state index contributed by atoms with van der Waals surface area (Å²) in [4.78, 5) is 36.9. The first-order chi connectivity index (χ1) is 14.5. The van der Waals surface area contributed by atoms with Crippen LogP contribution in [0.2, 0.25) is 0 Å². The number of piperidine rings is 1. The van der Waals surface area contributed by atoms with Crippen molar-refractivity contribution in [2.45, 2.75) is 25.3 Å². The predicted octanol–water partition coefficient (Wildman–Crippen LogP) is 1.37. The van der Waals surface area contributed by atoms with Crippen LogP contribution in [-0.4, -0.2) is 47.5 Å². The molecular weight excluding hydrogens is 398 g/mol. The number of nitrogens with two attached hydrogens (primary N) is 1. The molecule has 0 unspecified atom stereocenters. The lowest BCUT2D eigenvalue weighted by atomic mass is 10.0. The topological polar surface area (TPSA) is 122 Å². The van der Waals surface area contributed by atoms with Gasteiger partial charge in [0, 0.05) is 38.1 Å². The Hall–Kier alpha value is -3.34. The fourth-order valence-corrected chi connectivity index (χ4v) is 3.21. The van der Waals surface area contributed by atoms with Gasteiger partial charge in [0.1, 0.15) is 0 Å². The van der Waals surface area contributed by atoms with Crippen LogP contribution in [0.3, 0.4) is 0 Å². The van der Waals surface area contributed by atoms with Crippen molar-refractivity contribution in [1.29, 1.82) is 0 Å². The maximum absolute atomic E-state index is 14.6. The maximum atomic E-state index is 14.6. The Labute approximate surface area is 171 Å². The summed E-state index contributed by atoms with van der Waals surface area (Å²) in [5.41, 5.74) is -0.333. The number of halogens is 2. The van der Waals surface area contributed by atoms with Crippen LogP contribution >= 0.6 is 0 Å². The highest BCUT2D eigenvalue weighted by Crippen LogP contribution is 2.27. The smallest absolute Gasteiger partial charge is 0.326 e. The van der Waals surface area contributed by atoms with E-state index >= 15 is 0 Å². The van der Waals surface area contributed by atoms with Crippen LogP contribution in [0.15, 0.2) is 30.6 Å². The van der Waals surface area contributed by atoms with Crippen LogP contribution in [0.5, 0.6) is 0 Å². The molecular formula is C19H22F2N6O3. The molecule has 0 spiro atoms. The van der Waals surface area contributed by atoms with Gasteiger partial charge in [0.25, 0.3) is 5.91 Å². The van der Waals surface area contributed by atoms with Crippen LogP contribution in [0.4, 0.5) is 20.4 Å². The SMILES string of the molecule is NOC(=O)CCNC(=O)c1ccc(N2CCC(Nc3ncccn3)CC2)c(F)c1F. The van der Waals surface area contributed by atoms with Crippen molar-refractivity contribution in [2.75, 3.05) is 29.9 Å². The number of benzene rings is 1. The summed E-state index contributed by atoms with van der Waals surface area (Å²) in [7, 11) is 0. The third kappa shape index (κ3) is 5.17. The van der Waals surface area contributed by atoms with Gasteiger partial charge < -0.3 is 20.4 Å². The Morgan fingerprint density at radius 3 is 2.53 bits per heavy atom. The summed E-state index contributed by atoms with van der Waals surface area (Å²) in [5, 5.41) is 5.55. The van der Waals surface area contributed by atoms with E-state index in [0.29, 0.717) is 31.9 Å². The number of amides is 1. The molecule has 4 N–H and O–H groups in total. The Bertz CT molecular complexity index is 891. The number of carbonyl (C=O) groups excluding carboxylic acids is 2. The number of anilines is 2. The highest BCUT2D eigenvalue weighted by atomic mass is 19.2. The molecule has 1 fully saturated rings. The van der Waals surface area contributed by atoms with E-state index in [4.69, 9.17) is 5.90 Å². The molecule has 0 saturated carbocycles. The van der Waals surface area contributed by atoms with E-state index < -0.39 is 29.1 Å². The van der Waals surface area contributed by atoms with E-state index in [9.17, 15) is 18.4 Å². The third-order valence-electron chi connectivity index (χ3n) is 4.79. The number of rotatable bonds is 7. The van der Waals surface area contributed by atoms with Crippen LogP contribution in [0.1, 0.15) is 29.6 Å². The average Bonchev–Trinajstić information content (AvgIpc) is 2.76. The van der Waals surface area contributed by atoms with Crippen molar-refractivity contribution in [2.24, 2.45) is 5.90 Å². The fourth-order valence-electron chi connectivity index (χ4n) is 3.21. The number of nitrogens with zero attached hydrogens (tertiary/aromatic N) is 3. The first kappa shape index (κ1) is 21.4. The summed E-state index contributed by atoms with van der Waals surface area (Å²) in [5.74, 6) is 1.36. The molecule has 11 heteroatoms. The summed E-state index contributed by atoms with van der Waals surface area (Å²) < 4.78 is 29.1. The van der Waals surface area contributed by atoms with Crippen LogP contribution < -0.4 is 21.4 Å². The first-order valence-corrected chi connectivity index (χ1v) is 9.44. The lowest BCUT2D eigenvalue weighted by molar-refractivity contribution is -0.144. The zero-order valence-corrected chi connectivity index (χ0v) is 16.1. The Morgan fingerprint density at radius 2 is 1.87 bits per heavy atom. The molecule has 0 radical (unpaired) electrons. The van der Waals surface area contributed by atoms with Gasteiger partial charge >= 0.3 is 5.97 Å². The zero-order chi connectivity index (χ0) is 21.5. The van der Waals surface area contributed by atoms with Crippen molar-refractivity contribution in [3.63, 3.8) is 0 Å². The standard InChI is InChI=1S/C19H22F2N6O3/c20-16-13(18(29)23-9-4-15(28)30-22)2-3-14(17(16)21)27-10-5-12(6-11-27)26-19-24-7-1-8-25-19/h1-3,7-8,12H,4-6,9-11,22H2,(H,23,29)(H,24,25,26). The lowest BCUT2D eigenvalue weighted by Crippen LogP contribution is -2.40. The predicted molar refractivity (Wildman–Crippen MR) is 104 cm³/mol. The second kappa shape index (κ2) is 9.92. The third-order valence-corrected chi connectivity index (χ3v) is 4.79. The largest absolute Gasteiger partial charge is 0.373 e. The average molecular weight is 420 g/mol. The Balaban J connectivity index is 1.59. The molecule has 1 aliphatic rings. The second-order valence-electron chi connectivity index (χ2n) is 6.73. The van der Waals surface area contributed by atoms with E-state index in [1.54, 1.807) is 23.4 Å². The summed E-state index contributed by atoms with van der Waals surface area (Å²) >= 11 is 0. The van der Waals surface area contributed by atoms with Crippen molar-refractivity contribution in [1.82, 2.24) is 15.3 Å². The normalized spacial score (nSPS) is 14.3. The van der Waals surface area contributed by atoms with Gasteiger partial charge in [-0.25, -0.2) is 18.7 Å². The fraction of sp³-hybridized carbons (Fsp3) is 0.368. The highest BCUT2D eigenvalue weighted by Gasteiger charge is 2.25. The number of hydrogen-bond donors (Lipinski definition) is 3. The minimum Gasteiger partial charge on any atom is -0.373 e. The monoisotopic (exact) mass is 420 g/mol. The summed E-state index contributed by atoms with van der Waals surface area (Å²) in [6.07, 6.45) is 4.49. The molecule has 1 aromatic carbocycles. The quantitative estimate of drug-likeness (QED) is 0.574. The van der Waals surface area contributed by atoms with Gasteiger partial charge in [-0.3, -0.25) is 9.59 Å². The minimum absolute atomic E-state index is 0.102. The van der Waals surface area contributed by atoms with Gasteiger partial charge in [0.2, 0.25) is 5.95 Å². The highest BCUT2D eigenvalue weighted by molar-refractivity contribution is 5.95. The molecule has 9 nitrogen and oxygen atoms in total. The van der Waals surface area contributed by atoms with E-state index in [1.807, 2.05) is 0 Å². The van der Waals surface area contributed by atoms with Crippen molar-refractivity contribution >= 4 is 23.5 Å². The number of nitrogens with one attached hydrogen (secondary N) is 2. The van der Waals surface area contributed by atoms with E-state index in [2.05, 4.69) is 25.4 Å². The molecule has 30 heavy (non-hydrogen) atoms. The molecule has 0 aliphatic carbocycles. The molecule has 2 aromatic rings. The first-order valence-electron chi connectivity index (χ1n) is 9.44. The van der Waals surface area contributed by atoms with Crippen molar-refractivity contribution in [3.05, 3.63) is 47.8 Å². The van der Waals surface area contributed by atoms with E-state index in [0.717, 1.165) is 0 Å². The van der Waals surface area contributed by atoms with Crippen molar-refractivity contribution in [3.8, 4) is 0 Å². The number of aromatic nitrogens is 2. The summed E-state index contributed by atoms with van der Waals surface area (Å²) in [6, 6.07) is 4.47. The molecule has 1 aromatic heterocycles.